The number of nitro benzene ring substituents is 1. The van der Waals surface area contributed by atoms with Crippen LogP contribution in [0.1, 0.15) is 0 Å². The molecule has 0 saturated heterocycles. The molecule has 0 amide bonds. The average Bonchev–Trinajstić information content (AvgIpc) is 2.94. The van der Waals surface area contributed by atoms with Gasteiger partial charge in [0.2, 0.25) is 9.84 Å². The van der Waals surface area contributed by atoms with E-state index in [0.29, 0.717) is 10.1 Å². The highest BCUT2D eigenvalue weighted by Crippen LogP contribution is 2.35. The van der Waals surface area contributed by atoms with Crippen LogP contribution in [0.15, 0.2) is 63.7 Å². The summed E-state index contributed by atoms with van der Waals surface area (Å²) in [5.41, 5.74) is -0.395. The number of nitro groups is 1. The van der Waals surface area contributed by atoms with Gasteiger partial charge in [-0.25, -0.2) is 8.42 Å². The molecule has 3 aromatic rings. The van der Waals surface area contributed by atoms with Gasteiger partial charge in [0.25, 0.3) is 5.69 Å². The highest BCUT2D eigenvalue weighted by molar-refractivity contribution is 7.91. The van der Waals surface area contributed by atoms with Gasteiger partial charge in [0, 0.05) is 10.8 Å². The van der Waals surface area contributed by atoms with E-state index in [9.17, 15) is 18.5 Å². The first-order valence-corrected chi connectivity index (χ1v) is 8.32. The van der Waals surface area contributed by atoms with Gasteiger partial charge in [-0.15, -0.1) is 11.3 Å². The van der Waals surface area contributed by atoms with Crippen molar-refractivity contribution in [2.45, 2.75) is 9.79 Å². The molecule has 2 aromatic carbocycles. The number of sulfone groups is 1. The van der Waals surface area contributed by atoms with Crippen molar-refractivity contribution in [3.8, 4) is 0 Å². The number of rotatable bonds is 3. The summed E-state index contributed by atoms with van der Waals surface area (Å²) in [5, 5.41) is 13.7. The molecule has 1 heterocycles. The molecule has 0 radical (unpaired) electrons. The summed E-state index contributed by atoms with van der Waals surface area (Å²) in [6, 6.07) is 12.1. The van der Waals surface area contributed by atoms with Gasteiger partial charge in [-0.2, -0.15) is 0 Å². The standard InChI is InChI=1S/C14H9NO4S2/c16-15(17)12-9-13-10(6-7-20-13)8-14(12)21(18,19)11-4-2-1-3-5-11/h1-9H. The van der Waals surface area contributed by atoms with E-state index in [-0.39, 0.29) is 9.79 Å². The van der Waals surface area contributed by atoms with Crippen LogP contribution in [-0.2, 0) is 9.84 Å². The third-order valence-electron chi connectivity index (χ3n) is 3.07. The zero-order valence-corrected chi connectivity index (χ0v) is 12.2. The molecule has 0 unspecified atom stereocenters. The molecule has 0 atom stereocenters. The molecule has 1 aromatic heterocycles. The van der Waals surface area contributed by atoms with Gasteiger partial charge in [0.1, 0.15) is 4.90 Å². The van der Waals surface area contributed by atoms with Crippen LogP contribution in [0.4, 0.5) is 5.69 Å². The van der Waals surface area contributed by atoms with E-state index in [2.05, 4.69) is 0 Å². The average molecular weight is 319 g/mol. The molecule has 0 spiro atoms. The topological polar surface area (TPSA) is 77.3 Å². The fraction of sp³-hybridized carbons (Fsp3) is 0. The Bertz CT molecular complexity index is 930. The Kier molecular flexibility index (Phi) is 3.23. The lowest BCUT2D eigenvalue weighted by atomic mass is 10.2. The summed E-state index contributed by atoms with van der Waals surface area (Å²) in [5.74, 6) is 0. The third kappa shape index (κ3) is 2.30. The van der Waals surface area contributed by atoms with Crippen LogP contribution in [-0.4, -0.2) is 13.3 Å². The van der Waals surface area contributed by atoms with Crippen molar-refractivity contribution in [1.29, 1.82) is 0 Å². The minimum atomic E-state index is -3.92. The quantitative estimate of drug-likeness (QED) is 0.545. The van der Waals surface area contributed by atoms with Gasteiger partial charge in [0.15, 0.2) is 0 Å². The maximum atomic E-state index is 12.6. The van der Waals surface area contributed by atoms with E-state index in [1.54, 1.807) is 29.6 Å². The van der Waals surface area contributed by atoms with E-state index >= 15 is 0 Å². The van der Waals surface area contributed by atoms with E-state index in [4.69, 9.17) is 0 Å². The highest BCUT2D eigenvalue weighted by atomic mass is 32.2. The van der Waals surface area contributed by atoms with Crippen molar-refractivity contribution in [3.05, 3.63) is 64.0 Å². The lowest BCUT2D eigenvalue weighted by Gasteiger charge is -2.06. The van der Waals surface area contributed by atoms with Gasteiger partial charge in [-0.3, -0.25) is 10.1 Å². The Morgan fingerprint density at radius 2 is 1.76 bits per heavy atom. The first kappa shape index (κ1) is 13.7. The molecule has 0 fully saturated rings. The smallest absolute Gasteiger partial charge is 0.258 e. The molecule has 0 saturated carbocycles. The number of thiophene rings is 1. The summed E-state index contributed by atoms with van der Waals surface area (Å²) >= 11 is 1.33. The van der Waals surface area contributed by atoms with Crippen LogP contribution in [0.3, 0.4) is 0 Å². The van der Waals surface area contributed by atoms with Crippen molar-refractivity contribution in [2.24, 2.45) is 0 Å². The molecular formula is C14H9NO4S2. The van der Waals surface area contributed by atoms with E-state index in [1.165, 1.54) is 35.6 Å². The van der Waals surface area contributed by atoms with Crippen LogP contribution < -0.4 is 0 Å². The molecule has 0 bridgehead atoms. The number of fused-ring (bicyclic) bond motifs is 1. The minimum Gasteiger partial charge on any atom is -0.258 e. The molecular weight excluding hydrogens is 310 g/mol. The molecule has 0 aliphatic carbocycles. The molecule has 21 heavy (non-hydrogen) atoms. The Morgan fingerprint density at radius 3 is 2.43 bits per heavy atom. The molecule has 0 N–H and O–H groups in total. The van der Waals surface area contributed by atoms with Crippen LogP contribution in [0.5, 0.6) is 0 Å². The van der Waals surface area contributed by atoms with Crippen LogP contribution in [0, 0.1) is 10.1 Å². The zero-order chi connectivity index (χ0) is 15.0. The SMILES string of the molecule is O=[N+]([O-])c1cc2sccc2cc1S(=O)(=O)c1ccccc1. The van der Waals surface area contributed by atoms with Gasteiger partial charge < -0.3 is 0 Å². The highest BCUT2D eigenvalue weighted by Gasteiger charge is 2.28. The maximum Gasteiger partial charge on any atom is 0.289 e. The predicted octanol–water partition coefficient (Wildman–Crippen LogP) is 3.64. The normalized spacial score (nSPS) is 11.6. The largest absolute Gasteiger partial charge is 0.289 e. The second-order valence-corrected chi connectivity index (χ2v) is 7.22. The van der Waals surface area contributed by atoms with Crippen molar-refractivity contribution in [2.75, 3.05) is 0 Å². The molecule has 106 valence electrons. The lowest BCUT2D eigenvalue weighted by molar-refractivity contribution is -0.387. The minimum absolute atomic E-state index is 0.0441. The van der Waals surface area contributed by atoms with E-state index in [1.807, 2.05) is 0 Å². The van der Waals surface area contributed by atoms with Crippen LogP contribution >= 0.6 is 11.3 Å². The van der Waals surface area contributed by atoms with Crippen LogP contribution in [0.25, 0.3) is 10.1 Å². The summed E-state index contributed by atoms with van der Waals surface area (Å²) in [6.07, 6.45) is 0. The number of hydrogen-bond donors (Lipinski definition) is 0. The predicted molar refractivity (Wildman–Crippen MR) is 80.4 cm³/mol. The Balaban J connectivity index is 2.33. The molecule has 0 aliphatic heterocycles. The van der Waals surface area contributed by atoms with Gasteiger partial charge in [-0.1, -0.05) is 18.2 Å². The first-order chi connectivity index (χ1) is 10.00. The molecule has 3 rings (SSSR count). The number of hydrogen-bond acceptors (Lipinski definition) is 5. The fourth-order valence-electron chi connectivity index (χ4n) is 2.06. The lowest BCUT2D eigenvalue weighted by Crippen LogP contribution is -2.05. The second kappa shape index (κ2) is 4.94. The van der Waals surface area contributed by atoms with Gasteiger partial charge in [-0.05, 0) is 35.0 Å². The van der Waals surface area contributed by atoms with Crippen molar-refractivity contribution in [3.63, 3.8) is 0 Å². The van der Waals surface area contributed by atoms with Crippen molar-refractivity contribution < 1.29 is 13.3 Å². The van der Waals surface area contributed by atoms with Crippen LogP contribution in [0.2, 0.25) is 0 Å². The van der Waals surface area contributed by atoms with Gasteiger partial charge in [0.05, 0.1) is 9.82 Å². The Hall–Kier alpha value is -2.25. The Morgan fingerprint density at radius 1 is 1.05 bits per heavy atom. The van der Waals surface area contributed by atoms with Crippen molar-refractivity contribution in [1.82, 2.24) is 0 Å². The second-order valence-electron chi connectivity index (χ2n) is 4.35. The first-order valence-electron chi connectivity index (χ1n) is 5.96. The third-order valence-corrected chi connectivity index (χ3v) is 5.75. The molecule has 0 aliphatic rings. The number of benzene rings is 2. The van der Waals surface area contributed by atoms with Crippen molar-refractivity contribution >= 4 is 36.9 Å². The summed E-state index contributed by atoms with van der Waals surface area (Å²) < 4.78 is 25.9. The maximum absolute atomic E-state index is 12.6. The molecule has 7 heteroatoms. The zero-order valence-electron chi connectivity index (χ0n) is 10.6. The number of nitrogens with zero attached hydrogens (tertiary/aromatic N) is 1. The summed E-state index contributed by atoms with van der Waals surface area (Å²) in [6.45, 7) is 0. The Labute approximate surface area is 124 Å². The molecule has 5 nitrogen and oxygen atoms in total. The van der Waals surface area contributed by atoms with E-state index < -0.39 is 20.4 Å². The summed E-state index contributed by atoms with van der Waals surface area (Å²) in [7, 11) is -3.92. The van der Waals surface area contributed by atoms with E-state index in [0.717, 1.165) is 0 Å². The van der Waals surface area contributed by atoms with Gasteiger partial charge >= 0.3 is 0 Å². The monoisotopic (exact) mass is 319 g/mol. The fourth-order valence-corrected chi connectivity index (χ4v) is 4.33. The summed E-state index contributed by atoms with van der Waals surface area (Å²) in [4.78, 5) is 10.3.